The van der Waals surface area contributed by atoms with Gasteiger partial charge in [-0.25, -0.2) is 14.8 Å². The van der Waals surface area contributed by atoms with Crippen molar-refractivity contribution in [2.24, 2.45) is 0 Å². The number of rotatable bonds is 3. The Kier molecular flexibility index (Phi) is 4.79. The molecule has 1 aromatic carbocycles. The standard InChI is InChI=1S/C19H24N4O/c1-13(2)17-6-4-5-15-12-23(10-8-18(15)17)19(24)21-11-16-7-9-20-14(3)22-16/h4-7,9,13H,8,10-12H2,1-3H3,(H,21,24). The zero-order valence-electron chi connectivity index (χ0n) is 14.5. The van der Waals surface area contributed by atoms with Crippen LogP contribution in [-0.2, 0) is 19.5 Å². The van der Waals surface area contributed by atoms with E-state index in [4.69, 9.17) is 0 Å². The molecule has 2 heterocycles. The van der Waals surface area contributed by atoms with Gasteiger partial charge in [0.15, 0.2) is 0 Å². The number of benzene rings is 1. The van der Waals surface area contributed by atoms with Crippen molar-refractivity contribution in [1.82, 2.24) is 20.2 Å². The minimum absolute atomic E-state index is 0.0353. The monoisotopic (exact) mass is 324 g/mol. The summed E-state index contributed by atoms with van der Waals surface area (Å²) in [7, 11) is 0. The fourth-order valence-corrected chi connectivity index (χ4v) is 3.23. The highest BCUT2D eigenvalue weighted by atomic mass is 16.2. The van der Waals surface area contributed by atoms with Crippen LogP contribution < -0.4 is 5.32 Å². The van der Waals surface area contributed by atoms with Crippen molar-refractivity contribution < 1.29 is 4.79 Å². The highest BCUT2D eigenvalue weighted by molar-refractivity contribution is 5.74. The number of hydrogen-bond donors (Lipinski definition) is 1. The van der Waals surface area contributed by atoms with Crippen LogP contribution in [0.2, 0.25) is 0 Å². The van der Waals surface area contributed by atoms with E-state index in [1.807, 2.05) is 17.9 Å². The van der Waals surface area contributed by atoms with E-state index in [0.717, 1.165) is 24.5 Å². The largest absolute Gasteiger partial charge is 0.332 e. The first kappa shape index (κ1) is 16.4. The highest BCUT2D eigenvalue weighted by Gasteiger charge is 2.22. The third-order valence-corrected chi connectivity index (χ3v) is 4.47. The summed E-state index contributed by atoms with van der Waals surface area (Å²) in [6.45, 7) is 8.14. The molecule has 0 atom stereocenters. The number of amides is 2. The summed E-state index contributed by atoms with van der Waals surface area (Å²) in [5.74, 6) is 1.23. The molecule has 0 spiro atoms. The van der Waals surface area contributed by atoms with E-state index >= 15 is 0 Å². The second-order valence-corrected chi connectivity index (χ2v) is 6.57. The molecule has 0 fully saturated rings. The summed E-state index contributed by atoms with van der Waals surface area (Å²) in [6, 6.07) is 8.23. The summed E-state index contributed by atoms with van der Waals surface area (Å²) in [4.78, 5) is 22.7. The highest BCUT2D eigenvalue weighted by Crippen LogP contribution is 2.27. The van der Waals surface area contributed by atoms with Gasteiger partial charge in [-0.3, -0.25) is 0 Å². The van der Waals surface area contributed by atoms with Gasteiger partial charge in [-0.15, -0.1) is 0 Å². The van der Waals surface area contributed by atoms with E-state index in [2.05, 4.69) is 47.3 Å². The third-order valence-electron chi connectivity index (χ3n) is 4.47. The number of fused-ring (bicyclic) bond motifs is 1. The van der Waals surface area contributed by atoms with Gasteiger partial charge in [0.2, 0.25) is 0 Å². The Morgan fingerprint density at radius 1 is 1.33 bits per heavy atom. The van der Waals surface area contributed by atoms with Gasteiger partial charge in [0.1, 0.15) is 5.82 Å². The molecule has 5 heteroatoms. The third kappa shape index (κ3) is 3.55. The fraction of sp³-hybridized carbons (Fsp3) is 0.421. The molecule has 0 saturated heterocycles. The average Bonchev–Trinajstić information content (AvgIpc) is 2.58. The maximum atomic E-state index is 12.5. The fourth-order valence-electron chi connectivity index (χ4n) is 3.23. The van der Waals surface area contributed by atoms with Crippen molar-refractivity contribution >= 4 is 6.03 Å². The Morgan fingerprint density at radius 2 is 2.17 bits per heavy atom. The minimum Gasteiger partial charge on any atom is -0.332 e. The van der Waals surface area contributed by atoms with E-state index in [1.54, 1.807) is 6.20 Å². The summed E-state index contributed by atoms with van der Waals surface area (Å²) in [5.41, 5.74) is 4.92. The van der Waals surface area contributed by atoms with Crippen LogP contribution in [0.3, 0.4) is 0 Å². The van der Waals surface area contributed by atoms with E-state index in [9.17, 15) is 4.79 Å². The summed E-state index contributed by atoms with van der Waals surface area (Å²) >= 11 is 0. The molecular formula is C19H24N4O. The molecule has 2 aromatic rings. The predicted molar refractivity (Wildman–Crippen MR) is 93.6 cm³/mol. The van der Waals surface area contributed by atoms with Crippen LogP contribution in [0.25, 0.3) is 0 Å². The molecule has 5 nitrogen and oxygen atoms in total. The number of aromatic nitrogens is 2. The SMILES string of the molecule is Cc1nccc(CNC(=O)N2CCc3c(cccc3C(C)C)C2)n1. The van der Waals surface area contributed by atoms with Gasteiger partial charge in [-0.1, -0.05) is 32.0 Å². The number of urea groups is 1. The first-order valence-electron chi connectivity index (χ1n) is 8.46. The van der Waals surface area contributed by atoms with E-state index in [1.165, 1.54) is 16.7 Å². The number of aryl methyl sites for hydroxylation is 1. The van der Waals surface area contributed by atoms with Crippen LogP contribution in [-0.4, -0.2) is 27.4 Å². The van der Waals surface area contributed by atoms with Crippen molar-refractivity contribution in [3.05, 3.63) is 58.7 Å². The minimum atomic E-state index is -0.0353. The summed E-state index contributed by atoms with van der Waals surface area (Å²) in [5, 5.41) is 2.96. The first-order valence-corrected chi connectivity index (χ1v) is 8.46. The maximum absolute atomic E-state index is 12.5. The van der Waals surface area contributed by atoms with Crippen LogP contribution >= 0.6 is 0 Å². The molecule has 0 radical (unpaired) electrons. The number of hydrogen-bond acceptors (Lipinski definition) is 3. The molecule has 1 N–H and O–H groups in total. The van der Waals surface area contributed by atoms with E-state index < -0.39 is 0 Å². The normalized spacial score (nSPS) is 13.8. The Hall–Kier alpha value is -2.43. The number of carbonyl (C=O) groups excluding carboxylic acids is 1. The van der Waals surface area contributed by atoms with Gasteiger partial charge in [0, 0.05) is 19.3 Å². The average molecular weight is 324 g/mol. The molecule has 1 aliphatic heterocycles. The van der Waals surface area contributed by atoms with Crippen molar-refractivity contribution in [2.45, 2.75) is 46.2 Å². The Bertz CT molecular complexity index is 742. The molecule has 1 aliphatic rings. The van der Waals surface area contributed by atoms with Crippen molar-refractivity contribution in [3.63, 3.8) is 0 Å². The predicted octanol–water partition coefficient (Wildman–Crippen LogP) is 3.18. The molecule has 2 amide bonds. The van der Waals surface area contributed by atoms with E-state index in [0.29, 0.717) is 19.0 Å². The molecule has 126 valence electrons. The Morgan fingerprint density at radius 3 is 2.92 bits per heavy atom. The van der Waals surface area contributed by atoms with Crippen molar-refractivity contribution in [2.75, 3.05) is 6.54 Å². The van der Waals surface area contributed by atoms with E-state index in [-0.39, 0.29) is 6.03 Å². The summed E-state index contributed by atoms with van der Waals surface area (Å²) < 4.78 is 0. The second kappa shape index (κ2) is 6.99. The van der Waals surface area contributed by atoms with Crippen LogP contribution in [0.5, 0.6) is 0 Å². The van der Waals surface area contributed by atoms with Crippen LogP contribution in [0, 0.1) is 6.92 Å². The number of nitrogens with one attached hydrogen (secondary N) is 1. The lowest BCUT2D eigenvalue weighted by Gasteiger charge is -2.31. The van der Waals surface area contributed by atoms with Gasteiger partial charge in [-0.2, -0.15) is 0 Å². The van der Waals surface area contributed by atoms with Gasteiger partial charge in [0.05, 0.1) is 12.2 Å². The Labute approximate surface area is 143 Å². The zero-order valence-corrected chi connectivity index (χ0v) is 14.5. The molecule has 24 heavy (non-hydrogen) atoms. The van der Waals surface area contributed by atoms with Crippen molar-refractivity contribution in [3.8, 4) is 0 Å². The Balaban J connectivity index is 1.65. The van der Waals surface area contributed by atoms with Crippen LogP contribution in [0.4, 0.5) is 4.79 Å². The lowest BCUT2D eigenvalue weighted by Crippen LogP contribution is -2.42. The molecule has 0 bridgehead atoms. The summed E-state index contributed by atoms with van der Waals surface area (Å²) in [6.07, 6.45) is 2.64. The van der Waals surface area contributed by atoms with Gasteiger partial charge >= 0.3 is 6.03 Å². The smallest absolute Gasteiger partial charge is 0.318 e. The first-order chi connectivity index (χ1) is 11.5. The lowest BCUT2D eigenvalue weighted by molar-refractivity contribution is 0.191. The van der Waals surface area contributed by atoms with Gasteiger partial charge in [0.25, 0.3) is 0 Å². The van der Waals surface area contributed by atoms with Crippen LogP contribution in [0.15, 0.2) is 30.5 Å². The quantitative estimate of drug-likeness (QED) is 0.943. The van der Waals surface area contributed by atoms with Gasteiger partial charge in [-0.05, 0) is 42.0 Å². The van der Waals surface area contributed by atoms with Crippen LogP contribution in [0.1, 0.15) is 48.0 Å². The molecule has 3 rings (SSSR count). The molecule has 0 aliphatic carbocycles. The molecule has 1 aromatic heterocycles. The zero-order chi connectivity index (χ0) is 17.1. The molecule has 0 saturated carbocycles. The maximum Gasteiger partial charge on any atom is 0.318 e. The number of carbonyl (C=O) groups is 1. The molecule has 0 unspecified atom stereocenters. The molecular weight excluding hydrogens is 300 g/mol. The second-order valence-electron chi connectivity index (χ2n) is 6.57. The topological polar surface area (TPSA) is 58.1 Å². The van der Waals surface area contributed by atoms with Crippen molar-refractivity contribution in [1.29, 1.82) is 0 Å². The number of nitrogens with zero attached hydrogens (tertiary/aromatic N) is 3. The van der Waals surface area contributed by atoms with Gasteiger partial charge < -0.3 is 10.2 Å². The lowest BCUT2D eigenvalue weighted by atomic mass is 9.89.